The highest BCUT2D eigenvalue weighted by molar-refractivity contribution is 4.91. The summed E-state index contributed by atoms with van der Waals surface area (Å²) in [6.45, 7) is 17.7. The predicted molar refractivity (Wildman–Crippen MR) is 93.3 cm³/mol. The molecule has 0 aromatic heterocycles. The van der Waals surface area contributed by atoms with Gasteiger partial charge in [-0.05, 0) is 56.8 Å². The standard InChI is InChI=1S/C18H36N4/c1-17(15-22-12-10-20(3)11-13-22)5-8-21(9-6-17)16-18(2)4-7-19-14-18/h19H,4-16H2,1-3H3. The number of rotatable bonds is 4. The number of hydrogen-bond donors (Lipinski definition) is 1. The van der Waals surface area contributed by atoms with Crippen molar-refractivity contribution in [1.29, 1.82) is 0 Å². The first-order valence-corrected chi connectivity index (χ1v) is 9.31. The van der Waals surface area contributed by atoms with Gasteiger partial charge in [-0.15, -0.1) is 0 Å². The van der Waals surface area contributed by atoms with Gasteiger partial charge in [0.1, 0.15) is 0 Å². The fourth-order valence-electron chi connectivity index (χ4n) is 4.50. The highest BCUT2D eigenvalue weighted by Crippen LogP contribution is 2.34. The lowest BCUT2D eigenvalue weighted by molar-refractivity contribution is 0.0419. The first-order chi connectivity index (χ1) is 10.5. The molecule has 0 aromatic rings. The minimum absolute atomic E-state index is 0.519. The van der Waals surface area contributed by atoms with Gasteiger partial charge in [0.05, 0.1) is 0 Å². The highest BCUT2D eigenvalue weighted by atomic mass is 15.3. The quantitative estimate of drug-likeness (QED) is 0.846. The van der Waals surface area contributed by atoms with E-state index in [0.717, 1.165) is 0 Å². The van der Waals surface area contributed by atoms with Crippen molar-refractivity contribution >= 4 is 0 Å². The van der Waals surface area contributed by atoms with Crippen molar-refractivity contribution in [3.8, 4) is 0 Å². The summed E-state index contributed by atoms with van der Waals surface area (Å²) in [6, 6.07) is 0. The van der Waals surface area contributed by atoms with E-state index in [0.29, 0.717) is 10.8 Å². The lowest BCUT2D eigenvalue weighted by atomic mass is 9.78. The first-order valence-electron chi connectivity index (χ1n) is 9.31. The molecule has 3 saturated heterocycles. The third kappa shape index (κ3) is 4.22. The second kappa shape index (κ2) is 6.76. The van der Waals surface area contributed by atoms with Gasteiger partial charge in [-0.3, -0.25) is 0 Å². The molecular formula is C18H36N4. The summed E-state index contributed by atoms with van der Waals surface area (Å²) in [7, 11) is 2.25. The lowest BCUT2D eigenvalue weighted by Gasteiger charge is -2.45. The van der Waals surface area contributed by atoms with Crippen molar-refractivity contribution in [3.05, 3.63) is 0 Å². The summed E-state index contributed by atoms with van der Waals surface area (Å²) in [5.74, 6) is 0. The smallest absolute Gasteiger partial charge is 0.0110 e. The second-order valence-electron chi connectivity index (χ2n) is 8.90. The number of hydrogen-bond acceptors (Lipinski definition) is 4. The number of piperazine rings is 1. The molecule has 4 heteroatoms. The number of likely N-dealkylation sites (tertiary alicyclic amines) is 1. The zero-order valence-electron chi connectivity index (χ0n) is 15.0. The molecule has 0 radical (unpaired) electrons. The molecule has 0 bridgehead atoms. The molecule has 128 valence electrons. The monoisotopic (exact) mass is 308 g/mol. The Balaban J connectivity index is 1.44. The average molecular weight is 309 g/mol. The van der Waals surface area contributed by atoms with E-state index in [1.807, 2.05) is 0 Å². The molecule has 0 aromatic carbocycles. The van der Waals surface area contributed by atoms with E-state index in [1.54, 1.807) is 0 Å². The molecule has 3 fully saturated rings. The van der Waals surface area contributed by atoms with E-state index in [9.17, 15) is 0 Å². The van der Waals surface area contributed by atoms with Crippen molar-refractivity contribution in [2.45, 2.75) is 33.1 Å². The van der Waals surface area contributed by atoms with Crippen LogP contribution in [-0.4, -0.2) is 87.2 Å². The van der Waals surface area contributed by atoms with Gasteiger partial charge >= 0.3 is 0 Å². The van der Waals surface area contributed by atoms with Crippen molar-refractivity contribution in [3.63, 3.8) is 0 Å². The summed E-state index contributed by atoms with van der Waals surface area (Å²) in [5, 5.41) is 3.54. The van der Waals surface area contributed by atoms with Crippen LogP contribution >= 0.6 is 0 Å². The van der Waals surface area contributed by atoms with Crippen molar-refractivity contribution in [2.24, 2.45) is 10.8 Å². The molecule has 3 aliphatic heterocycles. The van der Waals surface area contributed by atoms with Crippen LogP contribution in [-0.2, 0) is 0 Å². The Morgan fingerprint density at radius 2 is 1.36 bits per heavy atom. The van der Waals surface area contributed by atoms with Crippen molar-refractivity contribution in [2.75, 3.05) is 72.5 Å². The number of piperidine rings is 1. The SMILES string of the molecule is CN1CCN(CC2(C)CCN(CC3(C)CCNC3)CC2)CC1. The summed E-state index contributed by atoms with van der Waals surface area (Å²) >= 11 is 0. The van der Waals surface area contributed by atoms with E-state index in [-0.39, 0.29) is 0 Å². The van der Waals surface area contributed by atoms with Crippen LogP contribution in [0.2, 0.25) is 0 Å². The van der Waals surface area contributed by atoms with Crippen LogP contribution in [0.1, 0.15) is 33.1 Å². The summed E-state index contributed by atoms with van der Waals surface area (Å²) in [6.07, 6.45) is 4.10. The Kier molecular flexibility index (Phi) is 5.13. The van der Waals surface area contributed by atoms with Crippen molar-refractivity contribution in [1.82, 2.24) is 20.0 Å². The fraction of sp³-hybridized carbons (Fsp3) is 1.00. The average Bonchev–Trinajstić information content (AvgIpc) is 2.91. The Morgan fingerprint density at radius 1 is 0.773 bits per heavy atom. The first kappa shape index (κ1) is 16.7. The predicted octanol–water partition coefficient (Wildman–Crippen LogP) is 1.34. The molecule has 0 amide bonds. The van der Waals surface area contributed by atoms with E-state index in [2.05, 4.69) is 40.9 Å². The number of nitrogens with one attached hydrogen (secondary N) is 1. The maximum absolute atomic E-state index is 3.54. The van der Waals surface area contributed by atoms with Crippen molar-refractivity contribution < 1.29 is 0 Å². The van der Waals surface area contributed by atoms with Crippen LogP contribution in [0.25, 0.3) is 0 Å². The van der Waals surface area contributed by atoms with E-state index < -0.39 is 0 Å². The van der Waals surface area contributed by atoms with Crippen LogP contribution in [0.4, 0.5) is 0 Å². The van der Waals surface area contributed by atoms with Gasteiger partial charge < -0.3 is 20.0 Å². The number of nitrogens with zero attached hydrogens (tertiary/aromatic N) is 3. The molecule has 3 rings (SSSR count). The third-order valence-corrected chi connectivity index (χ3v) is 6.33. The maximum atomic E-state index is 3.54. The molecule has 0 saturated carbocycles. The van der Waals surface area contributed by atoms with E-state index >= 15 is 0 Å². The van der Waals surface area contributed by atoms with Crippen LogP contribution < -0.4 is 5.32 Å². The Bertz CT molecular complexity index is 348. The summed E-state index contributed by atoms with van der Waals surface area (Å²) < 4.78 is 0. The molecular weight excluding hydrogens is 272 g/mol. The zero-order chi connectivity index (χ0) is 15.6. The minimum Gasteiger partial charge on any atom is -0.316 e. The van der Waals surface area contributed by atoms with Gasteiger partial charge in [0.15, 0.2) is 0 Å². The Labute approximate surface area is 137 Å². The molecule has 0 spiro atoms. The van der Waals surface area contributed by atoms with Gasteiger partial charge in [-0.2, -0.15) is 0 Å². The fourth-order valence-corrected chi connectivity index (χ4v) is 4.50. The van der Waals surface area contributed by atoms with Gasteiger partial charge in [0, 0.05) is 45.8 Å². The zero-order valence-corrected chi connectivity index (χ0v) is 15.0. The second-order valence-corrected chi connectivity index (χ2v) is 8.90. The van der Waals surface area contributed by atoms with E-state index in [1.165, 1.54) is 84.7 Å². The summed E-state index contributed by atoms with van der Waals surface area (Å²) in [4.78, 5) is 7.90. The Morgan fingerprint density at radius 3 is 1.95 bits per heavy atom. The topological polar surface area (TPSA) is 21.8 Å². The molecule has 3 aliphatic rings. The maximum Gasteiger partial charge on any atom is 0.0110 e. The molecule has 1 unspecified atom stereocenters. The molecule has 3 heterocycles. The molecule has 1 atom stereocenters. The van der Waals surface area contributed by atoms with Gasteiger partial charge in [-0.25, -0.2) is 0 Å². The Hall–Kier alpha value is -0.160. The minimum atomic E-state index is 0.519. The molecule has 4 nitrogen and oxygen atoms in total. The van der Waals surface area contributed by atoms with Gasteiger partial charge in [0.2, 0.25) is 0 Å². The van der Waals surface area contributed by atoms with Crippen LogP contribution in [0.5, 0.6) is 0 Å². The van der Waals surface area contributed by atoms with Crippen LogP contribution in [0.3, 0.4) is 0 Å². The molecule has 1 N–H and O–H groups in total. The lowest BCUT2D eigenvalue weighted by Crippen LogP contribution is -2.51. The van der Waals surface area contributed by atoms with Gasteiger partial charge in [-0.1, -0.05) is 13.8 Å². The largest absolute Gasteiger partial charge is 0.316 e. The van der Waals surface area contributed by atoms with E-state index in [4.69, 9.17) is 0 Å². The molecule has 0 aliphatic carbocycles. The normalized spacial score (nSPS) is 35.0. The molecule has 22 heavy (non-hydrogen) atoms. The number of likely N-dealkylation sites (N-methyl/N-ethyl adjacent to an activating group) is 1. The van der Waals surface area contributed by atoms with Gasteiger partial charge in [0.25, 0.3) is 0 Å². The third-order valence-electron chi connectivity index (χ3n) is 6.33. The van der Waals surface area contributed by atoms with Crippen LogP contribution in [0, 0.1) is 10.8 Å². The summed E-state index contributed by atoms with van der Waals surface area (Å²) in [5.41, 5.74) is 1.06. The van der Waals surface area contributed by atoms with Crippen LogP contribution in [0.15, 0.2) is 0 Å². The highest BCUT2D eigenvalue weighted by Gasteiger charge is 2.36.